The maximum absolute atomic E-state index is 12.8. The molecule has 156 valence electrons. The van der Waals surface area contributed by atoms with E-state index in [-0.39, 0.29) is 17.6 Å². The third-order valence-electron chi connectivity index (χ3n) is 6.91. The number of hydrogen-bond acceptors (Lipinski definition) is 5. The monoisotopic (exact) mass is 432 g/mol. The summed E-state index contributed by atoms with van der Waals surface area (Å²) in [5.74, 6) is 3.90. The Morgan fingerprint density at radius 2 is 1.90 bits per heavy atom. The summed E-state index contributed by atoms with van der Waals surface area (Å²) in [6, 6.07) is 7.69. The molecule has 2 aliphatic carbocycles. The second-order valence-electron chi connectivity index (χ2n) is 8.53. The lowest BCUT2D eigenvalue weighted by molar-refractivity contribution is -0.151. The standard InChI is InChI=1S/C22H28N2O3S2/c25-20(15-13-16-5-3-6-17(14-15)22(16)28-11-12-29-22)27-10-4-9-24-19-8-2-1-7-18(19)23-21(24)26/h1-2,7-8,15-17H,3-6,9-14H2,(H,23,26)/t15?,16-,17+. The van der Waals surface area contributed by atoms with E-state index in [0.29, 0.717) is 35.5 Å². The van der Waals surface area contributed by atoms with E-state index in [9.17, 15) is 9.59 Å². The normalized spacial score (nSPS) is 28.1. The highest BCUT2D eigenvalue weighted by Gasteiger charge is 2.55. The zero-order chi connectivity index (χ0) is 19.8. The molecule has 29 heavy (non-hydrogen) atoms. The Bertz CT molecular complexity index is 931. The van der Waals surface area contributed by atoms with Crippen LogP contribution < -0.4 is 5.69 Å². The van der Waals surface area contributed by atoms with Gasteiger partial charge in [-0.1, -0.05) is 18.6 Å². The van der Waals surface area contributed by atoms with Gasteiger partial charge in [0.2, 0.25) is 0 Å². The predicted octanol–water partition coefficient (Wildman–Crippen LogP) is 4.27. The topological polar surface area (TPSA) is 64.1 Å². The minimum atomic E-state index is -0.102. The van der Waals surface area contributed by atoms with Gasteiger partial charge in [-0.15, -0.1) is 23.5 Å². The third-order valence-corrected chi connectivity index (χ3v) is 10.9. The number of H-pyrrole nitrogens is 1. The fraction of sp³-hybridized carbons (Fsp3) is 0.636. The van der Waals surface area contributed by atoms with Crippen molar-refractivity contribution in [3.05, 3.63) is 34.7 Å². The highest BCUT2D eigenvalue weighted by molar-refractivity contribution is 8.21. The predicted molar refractivity (Wildman–Crippen MR) is 119 cm³/mol. The SMILES string of the molecule is O=C(OCCCn1c(=O)[nH]c2ccccc21)C1C[C@H]2CCC[C@@H](C1)C21SCCS1. The Morgan fingerprint density at radius 3 is 2.66 bits per heavy atom. The van der Waals surface area contributed by atoms with Crippen molar-refractivity contribution in [1.29, 1.82) is 0 Å². The first-order valence-electron chi connectivity index (χ1n) is 10.8. The number of ether oxygens (including phenoxy) is 1. The number of rotatable bonds is 5. The molecule has 0 amide bonds. The molecule has 3 fully saturated rings. The molecule has 7 heteroatoms. The van der Waals surface area contributed by atoms with Crippen molar-refractivity contribution in [2.75, 3.05) is 18.1 Å². The van der Waals surface area contributed by atoms with Crippen LogP contribution in [0.1, 0.15) is 38.5 Å². The lowest BCUT2D eigenvalue weighted by Gasteiger charge is -2.51. The summed E-state index contributed by atoms with van der Waals surface area (Å²) in [7, 11) is 0. The number of esters is 1. The number of benzene rings is 1. The summed E-state index contributed by atoms with van der Waals surface area (Å²) in [4.78, 5) is 27.8. The van der Waals surface area contributed by atoms with Gasteiger partial charge in [-0.3, -0.25) is 9.36 Å². The summed E-state index contributed by atoms with van der Waals surface area (Å²) in [5, 5.41) is 0. The van der Waals surface area contributed by atoms with E-state index in [0.717, 1.165) is 23.9 Å². The molecule has 5 nitrogen and oxygen atoms in total. The van der Waals surface area contributed by atoms with Gasteiger partial charge in [0.05, 0.1) is 27.6 Å². The highest BCUT2D eigenvalue weighted by Crippen LogP contribution is 2.64. The van der Waals surface area contributed by atoms with Crippen molar-refractivity contribution in [1.82, 2.24) is 9.55 Å². The van der Waals surface area contributed by atoms with Gasteiger partial charge in [0.15, 0.2) is 0 Å². The summed E-state index contributed by atoms with van der Waals surface area (Å²) >= 11 is 4.34. The number of aromatic amines is 1. The zero-order valence-electron chi connectivity index (χ0n) is 16.6. The number of thioether (sulfide) groups is 2. The Hall–Kier alpha value is -1.34. The van der Waals surface area contributed by atoms with Crippen molar-refractivity contribution >= 4 is 40.5 Å². The number of hydrogen-bond donors (Lipinski definition) is 1. The van der Waals surface area contributed by atoms with Gasteiger partial charge < -0.3 is 9.72 Å². The molecule has 1 N–H and O–H groups in total. The molecule has 2 aromatic rings. The Labute approximate surface area is 179 Å². The number of imidazole rings is 1. The number of aromatic nitrogens is 2. The van der Waals surface area contributed by atoms with Gasteiger partial charge in [0.1, 0.15) is 0 Å². The average Bonchev–Trinajstić information content (AvgIpc) is 3.30. The first-order valence-corrected chi connectivity index (χ1v) is 12.8. The second kappa shape index (κ2) is 8.06. The summed E-state index contributed by atoms with van der Waals surface area (Å²) in [6.07, 6.45) is 6.50. The van der Waals surface area contributed by atoms with E-state index >= 15 is 0 Å². The molecule has 2 saturated carbocycles. The van der Waals surface area contributed by atoms with Crippen LogP contribution in [0.15, 0.2) is 29.1 Å². The number of nitrogens with one attached hydrogen (secondary N) is 1. The van der Waals surface area contributed by atoms with Crippen molar-refractivity contribution < 1.29 is 9.53 Å². The van der Waals surface area contributed by atoms with Gasteiger partial charge >= 0.3 is 11.7 Å². The quantitative estimate of drug-likeness (QED) is 0.565. The number of aryl methyl sites for hydroxylation is 1. The number of para-hydroxylation sites is 2. The molecule has 2 heterocycles. The maximum atomic E-state index is 12.8. The highest BCUT2D eigenvalue weighted by atomic mass is 32.2. The van der Waals surface area contributed by atoms with Gasteiger partial charge in [-0.2, -0.15) is 0 Å². The largest absolute Gasteiger partial charge is 0.465 e. The lowest BCUT2D eigenvalue weighted by Crippen LogP contribution is -2.48. The van der Waals surface area contributed by atoms with Crippen molar-refractivity contribution in [3.8, 4) is 0 Å². The molecular formula is C22H28N2O3S2. The third kappa shape index (κ3) is 3.54. The van der Waals surface area contributed by atoms with Crippen LogP contribution in [0.2, 0.25) is 0 Å². The van der Waals surface area contributed by atoms with Crippen LogP contribution in [-0.4, -0.2) is 37.7 Å². The van der Waals surface area contributed by atoms with E-state index in [1.54, 1.807) is 4.57 Å². The number of carbonyl (C=O) groups is 1. The molecule has 1 aliphatic heterocycles. The van der Waals surface area contributed by atoms with Crippen LogP contribution in [0.3, 0.4) is 0 Å². The molecule has 1 aromatic heterocycles. The van der Waals surface area contributed by atoms with Crippen LogP contribution in [0.5, 0.6) is 0 Å². The first-order chi connectivity index (χ1) is 14.2. The van der Waals surface area contributed by atoms with E-state index < -0.39 is 0 Å². The molecule has 1 unspecified atom stereocenters. The Balaban J connectivity index is 1.16. The average molecular weight is 433 g/mol. The molecule has 3 aliphatic rings. The van der Waals surface area contributed by atoms with Crippen molar-refractivity contribution in [3.63, 3.8) is 0 Å². The molecular weight excluding hydrogens is 404 g/mol. The van der Waals surface area contributed by atoms with Gasteiger partial charge in [0.25, 0.3) is 0 Å². The van der Waals surface area contributed by atoms with Gasteiger partial charge in [-0.25, -0.2) is 4.79 Å². The number of nitrogens with zero attached hydrogens (tertiary/aromatic N) is 1. The molecule has 1 spiro atoms. The lowest BCUT2D eigenvalue weighted by atomic mass is 9.67. The van der Waals surface area contributed by atoms with E-state index in [4.69, 9.17) is 4.74 Å². The second-order valence-corrected chi connectivity index (χ2v) is 11.5. The summed E-state index contributed by atoms with van der Waals surface area (Å²) < 4.78 is 7.79. The van der Waals surface area contributed by atoms with Crippen LogP contribution in [0, 0.1) is 17.8 Å². The van der Waals surface area contributed by atoms with E-state index in [1.807, 2.05) is 24.3 Å². The number of fused-ring (bicyclic) bond motifs is 1. The van der Waals surface area contributed by atoms with Crippen molar-refractivity contribution in [2.24, 2.45) is 17.8 Å². The van der Waals surface area contributed by atoms with Crippen molar-refractivity contribution in [2.45, 2.75) is 49.1 Å². The number of carbonyl (C=O) groups excluding carboxylic acids is 1. The van der Waals surface area contributed by atoms with Gasteiger partial charge in [0, 0.05) is 18.1 Å². The minimum Gasteiger partial charge on any atom is -0.465 e. The Morgan fingerprint density at radius 1 is 1.17 bits per heavy atom. The van der Waals surface area contributed by atoms with E-state index in [1.165, 1.54) is 30.8 Å². The Kier molecular flexibility index (Phi) is 5.45. The van der Waals surface area contributed by atoms with Gasteiger partial charge in [-0.05, 0) is 56.1 Å². The first kappa shape index (κ1) is 19.6. The molecule has 3 atom stereocenters. The maximum Gasteiger partial charge on any atom is 0.326 e. The van der Waals surface area contributed by atoms with E-state index in [2.05, 4.69) is 28.5 Å². The van der Waals surface area contributed by atoms with Crippen LogP contribution in [0.25, 0.3) is 11.0 Å². The van der Waals surface area contributed by atoms with Crippen LogP contribution >= 0.6 is 23.5 Å². The summed E-state index contributed by atoms with van der Waals surface area (Å²) in [5.41, 5.74) is 1.65. The molecule has 2 bridgehead atoms. The molecule has 1 aromatic carbocycles. The van der Waals surface area contributed by atoms with Crippen LogP contribution in [0.4, 0.5) is 0 Å². The molecule has 0 radical (unpaired) electrons. The molecule has 5 rings (SSSR count). The molecule has 1 saturated heterocycles. The smallest absolute Gasteiger partial charge is 0.326 e. The fourth-order valence-electron chi connectivity index (χ4n) is 5.64. The summed E-state index contributed by atoms with van der Waals surface area (Å²) in [6.45, 7) is 0.938. The van der Waals surface area contributed by atoms with Crippen LogP contribution in [-0.2, 0) is 16.1 Å². The minimum absolute atomic E-state index is 0.0176. The fourth-order valence-corrected chi connectivity index (χ4v) is 9.58. The zero-order valence-corrected chi connectivity index (χ0v) is 18.2.